The highest BCUT2D eigenvalue weighted by molar-refractivity contribution is 6.31. The number of nitrogens with one attached hydrogen (secondary N) is 2. The first-order valence-corrected chi connectivity index (χ1v) is 14.9. The van der Waals surface area contributed by atoms with Crippen LogP contribution >= 0.6 is 23.2 Å². The third-order valence-corrected chi connectivity index (χ3v) is 8.96. The number of nitrogens with zero attached hydrogens (tertiary/aromatic N) is 3. The van der Waals surface area contributed by atoms with Gasteiger partial charge in [-0.1, -0.05) is 48.3 Å². The molecule has 4 atom stereocenters. The summed E-state index contributed by atoms with van der Waals surface area (Å²) in [6.45, 7) is 3.47. The third-order valence-electron chi connectivity index (χ3n) is 8.43. The number of hydroxylamine groups is 1. The van der Waals surface area contributed by atoms with Crippen LogP contribution in [0.4, 0.5) is 10.1 Å². The predicted molar refractivity (Wildman–Crippen MR) is 160 cm³/mol. The van der Waals surface area contributed by atoms with Crippen molar-refractivity contribution in [3.8, 4) is 0 Å². The first-order valence-electron chi connectivity index (χ1n) is 14.2. The quantitative estimate of drug-likeness (QED) is 0.294. The number of carbonyl (C=O) groups excluding carboxylic acids is 1. The smallest absolute Gasteiger partial charge is 0.242 e. The van der Waals surface area contributed by atoms with Crippen LogP contribution in [-0.2, 0) is 22.5 Å². The van der Waals surface area contributed by atoms with Gasteiger partial charge in [-0.25, -0.2) is 9.37 Å². The molecule has 6 rings (SSSR count). The van der Waals surface area contributed by atoms with Crippen LogP contribution in [-0.4, -0.2) is 52.6 Å². The minimum absolute atomic E-state index is 0.000191. The maximum absolute atomic E-state index is 15.8. The molecule has 216 valence electrons. The minimum Gasteiger partial charge on any atom is -0.325 e. The van der Waals surface area contributed by atoms with Crippen molar-refractivity contribution in [3.63, 3.8) is 0 Å². The molecule has 1 aliphatic carbocycles. The van der Waals surface area contributed by atoms with Gasteiger partial charge in [-0.15, -0.1) is 0 Å². The highest BCUT2D eigenvalue weighted by Crippen LogP contribution is 2.48. The molecule has 2 aliphatic heterocycles. The van der Waals surface area contributed by atoms with Crippen molar-refractivity contribution in [2.24, 2.45) is 5.92 Å². The molecule has 3 aliphatic rings. The molecule has 2 aromatic carbocycles. The van der Waals surface area contributed by atoms with Crippen LogP contribution in [0.2, 0.25) is 10.0 Å². The Bertz CT molecular complexity index is 1470. The van der Waals surface area contributed by atoms with Gasteiger partial charge in [-0.05, 0) is 61.1 Å². The van der Waals surface area contributed by atoms with E-state index >= 15 is 4.39 Å². The normalized spacial score (nSPS) is 24.0. The van der Waals surface area contributed by atoms with Crippen molar-refractivity contribution in [1.29, 1.82) is 0 Å². The molecule has 1 saturated heterocycles. The van der Waals surface area contributed by atoms with Crippen LogP contribution in [0.5, 0.6) is 0 Å². The first-order chi connectivity index (χ1) is 19.9. The van der Waals surface area contributed by atoms with E-state index in [0.717, 1.165) is 43.0 Å². The molecule has 7 nitrogen and oxygen atoms in total. The number of likely N-dealkylation sites (tertiary alicyclic amines) is 1. The number of carbonyl (C=O) groups is 1. The monoisotopic (exact) mass is 597 g/mol. The molecule has 10 heteroatoms. The number of rotatable bonds is 9. The molecule has 2 fully saturated rings. The summed E-state index contributed by atoms with van der Waals surface area (Å²) in [4.78, 5) is 26.7. The maximum Gasteiger partial charge on any atom is 0.242 e. The summed E-state index contributed by atoms with van der Waals surface area (Å²) in [6.07, 6.45) is 7.77. The fourth-order valence-electron chi connectivity index (χ4n) is 6.47. The lowest BCUT2D eigenvalue weighted by molar-refractivity contribution is -0.120. The minimum atomic E-state index is -0.616. The fourth-order valence-corrected chi connectivity index (χ4v) is 6.84. The molecule has 3 unspecified atom stereocenters. The van der Waals surface area contributed by atoms with Crippen LogP contribution in [0, 0.1) is 11.7 Å². The Morgan fingerprint density at radius 2 is 2.00 bits per heavy atom. The standard InChI is InChI=1S/C31H34Cl2FN5O2/c1-3-25-29(36-26-15-21(37-41-2)12-13-39(25)26)23-17-38(16-18-10-11-18)30(27(23)22-8-5-9-24(33)28(22)34)31(40)35-20-7-4-6-19(32)14-20/h4-9,12-14,18,21,23,27,30,37H,3,10-11,15-17H2,1-2H3,(H,35,40)/t21?,23-,27?,30?/m1/s1. The Kier molecular flexibility index (Phi) is 8.21. The number of aromatic nitrogens is 2. The Hall–Kier alpha value is -2.75. The number of halogens is 3. The van der Waals surface area contributed by atoms with Crippen LogP contribution in [0.25, 0.3) is 6.20 Å². The van der Waals surface area contributed by atoms with Gasteiger partial charge in [-0.3, -0.25) is 9.69 Å². The van der Waals surface area contributed by atoms with Gasteiger partial charge in [0.15, 0.2) is 0 Å². The molecule has 1 saturated carbocycles. The lowest BCUT2D eigenvalue weighted by Crippen LogP contribution is -2.43. The Labute approximate surface area is 249 Å². The number of amides is 1. The summed E-state index contributed by atoms with van der Waals surface area (Å²) in [5, 5.41) is 3.65. The van der Waals surface area contributed by atoms with Crippen molar-refractivity contribution in [2.75, 3.05) is 25.5 Å². The van der Waals surface area contributed by atoms with E-state index in [9.17, 15) is 4.79 Å². The second kappa shape index (κ2) is 11.9. The molecule has 0 radical (unpaired) electrons. The van der Waals surface area contributed by atoms with Gasteiger partial charge >= 0.3 is 0 Å². The molecule has 41 heavy (non-hydrogen) atoms. The molecular formula is C31H34Cl2FN5O2. The zero-order valence-corrected chi connectivity index (χ0v) is 24.6. The average Bonchev–Trinajstić information content (AvgIpc) is 3.58. The summed E-state index contributed by atoms with van der Waals surface area (Å²) < 4.78 is 18.0. The van der Waals surface area contributed by atoms with Crippen molar-refractivity contribution < 1.29 is 14.0 Å². The highest BCUT2D eigenvalue weighted by atomic mass is 35.5. The zero-order valence-electron chi connectivity index (χ0n) is 23.1. The number of fused-ring (bicyclic) bond motifs is 1. The number of hydrogen-bond donors (Lipinski definition) is 2. The lowest BCUT2D eigenvalue weighted by Gasteiger charge is -2.28. The van der Waals surface area contributed by atoms with Gasteiger partial charge in [0.1, 0.15) is 11.6 Å². The van der Waals surface area contributed by atoms with Gasteiger partial charge in [0.2, 0.25) is 5.91 Å². The van der Waals surface area contributed by atoms with E-state index in [-0.39, 0.29) is 22.9 Å². The third kappa shape index (κ3) is 5.68. The van der Waals surface area contributed by atoms with Crippen LogP contribution in [0.1, 0.15) is 54.4 Å². The summed E-state index contributed by atoms with van der Waals surface area (Å²) >= 11 is 12.5. The largest absolute Gasteiger partial charge is 0.325 e. The van der Waals surface area contributed by atoms with Crippen LogP contribution in [0.15, 0.2) is 48.5 Å². The molecule has 2 N–H and O–H groups in total. The summed E-state index contributed by atoms with van der Waals surface area (Å²) in [5.41, 5.74) is 6.03. The predicted octanol–water partition coefficient (Wildman–Crippen LogP) is 6.04. The van der Waals surface area contributed by atoms with E-state index in [1.807, 2.05) is 12.3 Å². The number of hydrogen-bond acceptors (Lipinski definition) is 5. The van der Waals surface area contributed by atoms with Crippen LogP contribution < -0.4 is 10.8 Å². The fraction of sp³-hybridized carbons (Fsp3) is 0.419. The summed E-state index contributed by atoms with van der Waals surface area (Å²) in [6, 6.07) is 11.6. The average molecular weight is 599 g/mol. The second-order valence-corrected chi connectivity index (χ2v) is 12.0. The second-order valence-electron chi connectivity index (χ2n) is 11.2. The highest BCUT2D eigenvalue weighted by Gasteiger charge is 2.50. The van der Waals surface area contributed by atoms with E-state index in [1.165, 1.54) is 0 Å². The molecule has 1 aromatic heterocycles. The lowest BCUT2D eigenvalue weighted by atomic mass is 9.81. The maximum atomic E-state index is 15.8. The topological polar surface area (TPSA) is 71.4 Å². The van der Waals surface area contributed by atoms with E-state index < -0.39 is 17.8 Å². The zero-order chi connectivity index (χ0) is 28.7. The number of anilines is 1. The van der Waals surface area contributed by atoms with E-state index in [0.29, 0.717) is 35.2 Å². The van der Waals surface area contributed by atoms with Crippen molar-refractivity contribution in [3.05, 3.63) is 87.2 Å². The van der Waals surface area contributed by atoms with Gasteiger partial charge < -0.3 is 14.7 Å². The Morgan fingerprint density at radius 1 is 1.20 bits per heavy atom. The van der Waals surface area contributed by atoms with Gasteiger partial charge in [0, 0.05) is 54.0 Å². The Morgan fingerprint density at radius 3 is 2.73 bits per heavy atom. The number of benzene rings is 2. The van der Waals surface area contributed by atoms with E-state index in [2.05, 4.69) is 33.3 Å². The van der Waals surface area contributed by atoms with E-state index in [4.69, 9.17) is 33.0 Å². The molecule has 3 aromatic rings. The van der Waals surface area contributed by atoms with Gasteiger partial charge in [0.25, 0.3) is 0 Å². The van der Waals surface area contributed by atoms with Crippen LogP contribution in [0.3, 0.4) is 0 Å². The van der Waals surface area contributed by atoms with Gasteiger partial charge in [-0.2, -0.15) is 5.48 Å². The summed E-state index contributed by atoms with van der Waals surface area (Å²) in [7, 11) is 1.60. The van der Waals surface area contributed by atoms with Gasteiger partial charge in [0.05, 0.1) is 29.9 Å². The van der Waals surface area contributed by atoms with Crippen molar-refractivity contribution >= 4 is 41.0 Å². The summed E-state index contributed by atoms with van der Waals surface area (Å²) in [5.74, 6) is 0.0673. The molecule has 1 amide bonds. The van der Waals surface area contributed by atoms with Crippen molar-refractivity contribution in [1.82, 2.24) is 19.9 Å². The molecule has 0 bridgehead atoms. The first kappa shape index (κ1) is 28.4. The Balaban J connectivity index is 1.45. The number of imidazole rings is 1. The van der Waals surface area contributed by atoms with E-state index in [1.54, 1.807) is 43.5 Å². The molecule has 0 spiro atoms. The van der Waals surface area contributed by atoms with Crippen molar-refractivity contribution in [2.45, 2.75) is 56.5 Å². The SMILES string of the molecule is CCc1c([C@@H]2CN(CC3CC3)C(C(=O)Nc3cccc(Cl)c3)C2c2cccc(Cl)c2F)nc2n1C=CC(NOC)C2. The molecular weight excluding hydrogens is 564 g/mol. The molecule has 3 heterocycles.